The molecule has 0 unspecified atom stereocenters. The summed E-state index contributed by atoms with van der Waals surface area (Å²) in [5.74, 6) is 0. The molecule has 0 aliphatic rings. The molecular formula is C30H24Cl2CoN6. The van der Waals surface area contributed by atoms with Gasteiger partial charge in [-0.1, -0.05) is 36.4 Å². The number of pyridine rings is 6. The van der Waals surface area contributed by atoms with E-state index in [0.29, 0.717) is 0 Å². The van der Waals surface area contributed by atoms with Crippen LogP contribution in [0.4, 0.5) is 0 Å². The zero-order valence-electron chi connectivity index (χ0n) is 20.6. The molecule has 0 saturated heterocycles. The second kappa shape index (κ2) is 19.1. The van der Waals surface area contributed by atoms with E-state index in [1.54, 1.807) is 37.2 Å². The van der Waals surface area contributed by atoms with E-state index in [0.717, 1.165) is 34.2 Å². The van der Waals surface area contributed by atoms with Crippen molar-refractivity contribution in [3.05, 3.63) is 146 Å². The first-order valence-corrected chi connectivity index (χ1v) is 11.4. The first-order valence-electron chi connectivity index (χ1n) is 11.4. The average molecular weight is 598 g/mol. The number of aromatic nitrogens is 6. The van der Waals surface area contributed by atoms with Crippen LogP contribution in [-0.2, 0) is 16.8 Å². The van der Waals surface area contributed by atoms with Crippen molar-refractivity contribution in [3.8, 4) is 34.2 Å². The minimum absolute atomic E-state index is 0. The van der Waals surface area contributed by atoms with Crippen molar-refractivity contribution in [2.45, 2.75) is 0 Å². The van der Waals surface area contributed by atoms with E-state index < -0.39 is 0 Å². The van der Waals surface area contributed by atoms with Crippen LogP contribution in [0.3, 0.4) is 0 Å². The van der Waals surface area contributed by atoms with Gasteiger partial charge in [0.25, 0.3) is 0 Å². The molecule has 0 aromatic carbocycles. The molecule has 0 aliphatic carbocycles. The van der Waals surface area contributed by atoms with Crippen LogP contribution < -0.4 is 24.8 Å². The van der Waals surface area contributed by atoms with Crippen molar-refractivity contribution in [2.75, 3.05) is 0 Å². The minimum atomic E-state index is 0. The Labute approximate surface area is 251 Å². The molecule has 9 heteroatoms. The number of hydrogen-bond donors (Lipinski definition) is 0. The Morgan fingerprint density at radius 1 is 0.256 bits per heavy atom. The fourth-order valence-electron chi connectivity index (χ4n) is 3.09. The van der Waals surface area contributed by atoms with Gasteiger partial charge in [0.1, 0.15) is 0 Å². The van der Waals surface area contributed by atoms with Gasteiger partial charge in [-0.2, -0.15) is 0 Å². The molecule has 0 aliphatic heterocycles. The Morgan fingerprint density at radius 3 is 0.513 bits per heavy atom. The average Bonchev–Trinajstić information content (AvgIpc) is 3.01. The molecule has 0 atom stereocenters. The predicted octanol–water partition coefficient (Wildman–Crippen LogP) is 0.436. The van der Waals surface area contributed by atoms with Gasteiger partial charge < -0.3 is 24.8 Å². The maximum atomic E-state index is 4.19. The molecule has 39 heavy (non-hydrogen) atoms. The second-order valence-corrected chi connectivity index (χ2v) is 7.29. The van der Waals surface area contributed by atoms with Crippen LogP contribution in [0.5, 0.6) is 0 Å². The van der Waals surface area contributed by atoms with Crippen LogP contribution in [0.2, 0.25) is 0 Å². The molecular weight excluding hydrogens is 574 g/mol. The number of nitrogens with zero attached hydrogens (tertiary/aromatic N) is 6. The number of hydrogen-bond acceptors (Lipinski definition) is 6. The summed E-state index contributed by atoms with van der Waals surface area (Å²) in [5.41, 5.74) is 5.49. The van der Waals surface area contributed by atoms with E-state index >= 15 is 0 Å². The van der Waals surface area contributed by atoms with Gasteiger partial charge in [0.2, 0.25) is 0 Å². The second-order valence-electron chi connectivity index (χ2n) is 7.29. The molecule has 0 fully saturated rings. The standard InChI is InChI=1S/3C10H8N2.2ClH.Co/c3*1-3-7-11-9(5-1)10-6-2-4-8-12-10;;;/h3*1-8H;2*1H;/q;;;;;+2/p-2. The molecule has 6 rings (SSSR count). The van der Waals surface area contributed by atoms with Gasteiger partial charge in [0.05, 0.1) is 34.2 Å². The largest absolute Gasteiger partial charge is 2.00 e. The van der Waals surface area contributed by atoms with Gasteiger partial charge in [-0.25, -0.2) is 0 Å². The molecule has 6 heterocycles. The molecule has 6 aromatic rings. The van der Waals surface area contributed by atoms with Gasteiger partial charge in [-0.15, -0.1) is 0 Å². The van der Waals surface area contributed by atoms with Gasteiger partial charge in [0.15, 0.2) is 0 Å². The van der Waals surface area contributed by atoms with Crippen LogP contribution in [0.15, 0.2) is 146 Å². The van der Waals surface area contributed by atoms with Crippen molar-refractivity contribution in [1.82, 2.24) is 29.9 Å². The zero-order chi connectivity index (χ0) is 24.7. The molecule has 0 spiro atoms. The summed E-state index contributed by atoms with van der Waals surface area (Å²) in [6.07, 6.45) is 10.6. The Morgan fingerprint density at radius 2 is 0.410 bits per heavy atom. The van der Waals surface area contributed by atoms with E-state index in [1.165, 1.54) is 0 Å². The Balaban J connectivity index is 0.000000282. The SMILES string of the molecule is [Cl-].[Cl-].[Co+2].c1ccc(-c2ccccn2)nc1.c1ccc(-c2ccccn2)nc1.c1ccc(-c2ccccn2)nc1. The van der Waals surface area contributed by atoms with Crippen LogP contribution in [-0.4, -0.2) is 29.9 Å². The fourth-order valence-corrected chi connectivity index (χ4v) is 3.09. The first-order chi connectivity index (χ1) is 17.9. The van der Waals surface area contributed by atoms with E-state index in [-0.39, 0.29) is 41.6 Å². The van der Waals surface area contributed by atoms with E-state index in [9.17, 15) is 0 Å². The fraction of sp³-hybridized carbons (Fsp3) is 0. The summed E-state index contributed by atoms with van der Waals surface area (Å²) >= 11 is 0. The monoisotopic (exact) mass is 597 g/mol. The van der Waals surface area contributed by atoms with Crippen molar-refractivity contribution in [2.24, 2.45) is 0 Å². The predicted molar refractivity (Wildman–Crippen MR) is 142 cm³/mol. The van der Waals surface area contributed by atoms with Crippen molar-refractivity contribution < 1.29 is 41.6 Å². The number of rotatable bonds is 3. The summed E-state index contributed by atoms with van der Waals surface area (Å²) in [5, 5.41) is 0. The molecule has 197 valence electrons. The van der Waals surface area contributed by atoms with Crippen LogP contribution >= 0.6 is 0 Å². The summed E-state index contributed by atoms with van der Waals surface area (Å²) < 4.78 is 0. The Bertz CT molecular complexity index is 1110. The number of halogens is 2. The minimum Gasteiger partial charge on any atom is -1.00 e. The summed E-state index contributed by atoms with van der Waals surface area (Å²) in [6.45, 7) is 0. The Kier molecular flexibility index (Phi) is 16.2. The maximum Gasteiger partial charge on any atom is 2.00 e. The molecule has 0 bridgehead atoms. The smallest absolute Gasteiger partial charge is 1.00 e. The molecule has 0 amide bonds. The normalized spacial score (nSPS) is 8.92. The van der Waals surface area contributed by atoms with Crippen molar-refractivity contribution in [1.29, 1.82) is 0 Å². The topological polar surface area (TPSA) is 77.3 Å². The van der Waals surface area contributed by atoms with Crippen LogP contribution in [0.25, 0.3) is 34.2 Å². The van der Waals surface area contributed by atoms with Gasteiger partial charge in [-0.3, -0.25) is 29.9 Å². The van der Waals surface area contributed by atoms with Gasteiger partial charge in [0, 0.05) is 37.2 Å². The van der Waals surface area contributed by atoms with Gasteiger partial charge in [-0.05, 0) is 72.8 Å². The molecule has 0 N–H and O–H groups in total. The first kappa shape index (κ1) is 33.0. The van der Waals surface area contributed by atoms with E-state index in [1.807, 2.05) is 109 Å². The third-order valence-corrected chi connectivity index (χ3v) is 4.78. The summed E-state index contributed by atoms with van der Waals surface area (Å²) in [7, 11) is 0. The molecule has 6 nitrogen and oxygen atoms in total. The third-order valence-electron chi connectivity index (χ3n) is 4.78. The zero-order valence-corrected chi connectivity index (χ0v) is 23.2. The van der Waals surface area contributed by atoms with Gasteiger partial charge >= 0.3 is 16.8 Å². The molecule has 6 aromatic heterocycles. The van der Waals surface area contributed by atoms with Crippen molar-refractivity contribution in [3.63, 3.8) is 0 Å². The van der Waals surface area contributed by atoms with Crippen LogP contribution in [0.1, 0.15) is 0 Å². The molecule has 1 radical (unpaired) electrons. The maximum absolute atomic E-state index is 4.19. The van der Waals surface area contributed by atoms with Crippen molar-refractivity contribution >= 4 is 0 Å². The van der Waals surface area contributed by atoms with E-state index in [4.69, 9.17) is 0 Å². The van der Waals surface area contributed by atoms with E-state index in [2.05, 4.69) is 29.9 Å². The third kappa shape index (κ3) is 11.1. The summed E-state index contributed by atoms with van der Waals surface area (Å²) in [6, 6.07) is 34.8. The van der Waals surface area contributed by atoms with Crippen LogP contribution in [0, 0.1) is 0 Å². The molecule has 0 saturated carbocycles. The quantitative estimate of drug-likeness (QED) is 0.295. The Hall–Kier alpha value is -4.01. The summed E-state index contributed by atoms with van der Waals surface area (Å²) in [4.78, 5) is 25.1.